The maximum Gasteiger partial charge on any atom is 0.269 e. The Balaban J connectivity index is 1.45. The van der Waals surface area contributed by atoms with Crippen molar-refractivity contribution in [2.45, 2.75) is 30.6 Å². The van der Waals surface area contributed by atoms with Crippen LogP contribution in [-0.2, 0) is 10.0 Å². The molecule has 0 radical (unpaired) electrons. The number of likely N-dealkylation sites (tertiary alicyclic amines) is 1. The van der Waals surface area contributed by atoms with Gasteiger partial charge in [-0.25, -0.2) is 17.4 Å². The molecule has 7 nitrogen and oxygen atoms in total. The number of aromatic nitrogens is 2. The van der Waals surface area contributed by atoms with Crippen molar-refractivity contribution in [3.8, 4) is 22.3 Å². The second-order valence-electron chi connectivity index (χ2n) is 11.8. The van der Waals surface area contributed by atoms with E-state index in [0.717, 1.165) is 46.3 Å². The van der Waals surface area contributed by atoms with Crippen LogP contribution in [0.5, 0.6) is 0 Å². The van der Waals surface area contributed by atoms with Crippen molar-refractivity contribution in [1.29, 1.82) is 0 Å². The molecule has 6 rings (SSSR count). The van der Waals surface area contributed by atoms with Gasteiger partial charge in [-0.15, -0.1) is 0 Å². The van der Waals surface area contributed by atoms with Crippen LogP contribution in [0.4, 0.5) is 0 Å². The Kier molecular flexibility index (Phi) is 7.66. The van der Waals surface area contributed by atoms with Crippen molar-refractivity contribution < 1.29 is 13.2 Å². The van der Waals surface area contributed by atoms with Gasteiger partial charge < -0.3 is 9.80 Å². The van der Waals surface area contributed by atoms with Crippen LogP contribution in [0.2, 0.25) is 0 Å². The van der Waals surface area contributed by atoms with Gasteiger partial charge in [0.1, 0.15) is 0 Å². The molecule has 0 aliphatic carbocycles. The monoisotopic (exact) mass is 592 g/mol. The molecule has 43 heavy (non-hydrogen) atoms. The fourth-order valence-corrected chi connectivity index (χ4v) is 7.24. The molecule has 1 amide bonds. The topological polar surface area (TPSA) is 75.5 Å². The Morgan fingerprint density at radius 1 is 0.907 bits per heavy atom. The van der Waals surface area contributed by atoms with Gasteiger partial charge in [0.25, 0.3) is 15.9 Å². The van der Waals surface area contributed by atoms with Gasteiger partial charge in [0, 0.05) is 55.1 Å². The number of nitrogens with zero attached hydrogens (tertiary/aromatic N) is 4. The van der Waals surface area contributed by atoms with Crippen molar-refractivity contribution >= 4 is 27.0 Å². The predicted octanol–water partition coefficient (Wildman–Crippen LogP) is 6.43. The van der Waals surface area contributed by atoms with Gasteiger partial charge in [-0.05, 0) is 86.3 Å². The minimum Gasteiger partial charge on any atom is -0.345 e. The third-order valence-electron chi connectivity index (χ3n) is 8.38. The summed E-state index contributed by atoms with van der Waals surface area (Å²) < 4.78 is 29.0. The van der Waals surface area contributed by atoms with Crippen molar-refractivity contribution in [1.82, 2.24) is 18.8 Å². The molecule has 0 spiro atoms. The van der Waals surface area contributed by atoms with E-state index in [4.69, 9.17) is 4.98 Å². The Labute approximate surface area is 253 Å². The zero-order chi connectivity index (χ0) is 30.3. The maximum absolute atomic E-state index is 13.9. The standard InChI is InChI=1S/C35H36N4O3S/c1-24-7-17-31(18-8-24)43(41,42)39-23-33(27-13-15-28(16-14-27)35(40)37(2)3)32-20-30(21-36-34(32)39)26-11-9-25(10-12-26)29-6-5-19-38(4)22-29/h7-18,20-21,23,29H,5-6,19,22H2,1-4H3. The molecular weight excluding hydrogens is 556 g/mol. The van der Waals surface area contributed by atoms with Crippen LogP contribution in [0, 0.1) is 6.92 Å². The van der Waals surface area contributed by atoms with Crippen LogP contribution in [-0.4, -0.2) is 67.3 Å². The summed E-state index contributed by atoms with van der Waals surface area (Å²) in [5.41, 5.74) is 6.70. The molecule has 1 fully saturated rings. The third-order valence-corrected chi connectivity index (χ3v) is 10.0. The van der Waals surface area contributed by atoms with Crippen molar-refractivity contribution in [2.24, 2.45) is 0 Å². The van der Waals surface area contributed by atoms with Gasteiger partial charge in [0.05, 0.1) is 4.90 Å². The molecule has 0 N–H and O–H groups in total. The van der Waals surface area contributed by atoms with E-state index >= 15 is 0 Å². The smallest absolute Gasteiger partial charge is 0.269 e. The number of carbonyl (C=O) groups excluding carboxylic acids is 1. The molecule has 3 heterocycles. The van der Waals surface area contributed by atoms with E-state index in [1.807, 2.05) is 25.1 Å². The van der Waals surface area contributed by atoms with Crippen LogP contribution < -0.4 is 0 Å². The summed E-state index contributed by atoms with van der Waals surface area (Å²) in [5.74, 6) is 0.437. The highest BCUT2D eigenvalue weighted by Crippen LogP contribution is 2.35. The van der Waals surface area contributed by atoms with E-state index in [1.54, 1.807) is 62.9 Å². The first kappa shape index (κ1) is 28.8. The number of carbonyl (C=O) groups is 1. The lowest BCUT2D eigenvalue weighted by molar-refractivity contribution is 0.0827. The molecule has 1 aliphatic rings. The Bertz CT molecular complexity index is 1890. The Hall–Kier alpha value is -4.27. The Morgan fingerprint density at radius 2 is 1.58 bits per heavy atom. The van der Waals surface area contributed by atoms with Crippen LogP contribution >= 0.6 is 0 Å². The zero-order valence-electron chi connectivity index (χ0n) is 25.0. The molecular formula is C35H36N4O3S. The van der Waals surface area contributed by atoms with Gasteiger partial charge >= 0.3 is 0 Å². The summed E-state index contributed by atoms with van der Waals surface area (Å²) in [6.07, 6.45) is 5.79. The van der Waals surface area contributed by atoms with E-state index in [9.17, 15) is 13.2 Å². The van der Waals surface area contributed by atoms with Crippen LogP contribution in [0.25, 0.3) is 33.3 Å². The van der Waals surface area contributed by atoms with Gasteiger partial charge in [0.15, 0.2) is 5.65 Å². The zero-order valence-corrected chi connectivity index (χ0v) is 25.8. The van der Waals surface area contributed by atoms with Gasteiger partial charge in [0.2, 0.25) is 0 Å². The summed E-state index contributed by atoms with van der Waals surface area (Å²) in [6, 6.07) is 24.8. The molecule has 1 saturated heterocycles. The molecule has 2 aromatic heterocycles. The lowest BCUT2D eigenvalue weighted by atomic mass is 9.90. The number of hydrogen-bond donors (Lipinski definition) is 0. The van der Waals surface area contributed by atoms with Crippen LogP contribution in [0.1, 0.15) is 40.2 Å². The molecule has 1 atom stereocenters. The summed E-state index contributed by atoms with van der Waals surface area (Å²) >= 11 is 0. The second-order valence-corrected chi connectivity index (χ2v) is 13.6. The molecule has 5 aromatic rings. The first-order chi connectivity index (χ1) is 20.6. The van der Waals surface area contributed by atoms with Gasteiger partial charge in [-0.2, -0.15) is 0 Å². The third kappa shape index (κ3) is 5.60. The first-order valence-corrected chi connectivity index (χ1v) is 16.0. The molecule has 0 saturated carbocycles. The highest BCUT2D eigenvalue weighted by molar-refractivity contribution is 7.90. The van der Waals surface area contributed by atoms with Gasteiger partial charge in [-0.1, -0.05) is 54.1 Å². The maximum atomic E-state index is 13.9. The average Bonchev–Trinajstić information content (AvgIpc) is 3.41. The number of likely N-dealkylation sites (N-methyl/N-ethyl adjacent to an activating group) is 1. The van der Waals surface area contributed by atoms with E-state index in [2.05, 4.69) is 36.2 Å². The highest BCUT2D eigenvalue weighted by Gasteiger charge is 2.24. The quantitative estimate of drug-likeness (QED) is 0.227. The summed E-state index contributed by atoms with van der Waals surface area (Å²) in [7, 11) is 1.70. The lowest BCUT2D eigenvalue weighted by Crippen LogP contribution is -2.30. The van der Waals surface area contributed by atoms with Crippen LogP contribution in [0.3, 0.4) is 0 Å². The minimum atomic E-state index is -3.91. The lowest BCUT2D eigenvalue weighted by Gasteiger charge is -2.30. The van der Waals surface area contributed by atoms with Crippen molar-refractivity contribution in [3.05, 3.63) is 108 Å². The molecule has 3 aromatic carbocycles. The van der Waals surface area contributed by atoms with Crippen molar-refractivity contribution in [3.63, 3.8) is 0 Å². The number of fused-ring (bicyclic) bond motifs is 1. The summed E-state index contributed by atoms with van der Waals surface area (Å²) in [4.78, 5) is 21.3. The number of benzene rings is 3. The normalized spacial score (nSPS) is 16.0. The molecule has 1 unspecified atom stereocenters. The minimum absolute atomic E-state index is 0.0943. The van der Waals surface area contributed by atoms with Gasteiger partial charge in [-0.3, -0.25) is 4.79 Å². The average molecular weight is 593 g/mol. The molecule has 220 valence electrons. The van der Waals surface area contributed by atoms with Crippen LogP contribution in [0.15, 0.2) is 96.2 Å². The van der Waals surface area contributed by atoms with E-state index in [-0.39, 0.29) is 10.8 Å². The van der Waals surface area contributed by atoms with E-state index in [1.165, 1.54) is 27.3 Å². The number of amides is 1. The second kappa shape index (κ2) is 11.4. The largest absolute Gasteiger partial charge is 0.345 e. The molecule has 0 bridgehead atoms. The van der Waals surface area contributed by atoms with E-state index < -0.39 is 10.0 Å². The van der Waals surface area contributed by atoms with Crippen molar-refractivity contribution in [2.75, 3.05) is 34.2 Å². The first-order valence-electron chi connectivity index (χ1n) is 14.6. The SMILES string of the molecule is Cc1ccc(S(=O)(=O)n2cc(-c3ccc(C(=O)N(C)C)cc3)c3cc(-c4ccc(C5CCCN(C)C5)cc4)cnc32)cc1. The number of aryl methyl sites for hydroxylation is 1. The highest BCUT2D eigenvalue weighted by atomic mass is 32.2. The fourth-order valence-electron chi connectivity index (χ4n) is 5.91. The number of pyridine rings is 1. The summed E-state index contributed by atoms with van der Waals surface area (Å²) in [5, 5.41) is 0.720. The number of hydrogen-bond acceptors (Lipinski definition) is 5. The fraction of sp³-hybridized carbons (Fsp3) is 0.257. The van der Waals surface area contributed by atoms with E-state index in [0.29, 0.717) is 17.1 Å². The molecule has 1 aliphatic heterocycles. The number of rotatable bonds is 6. The Morgan fingerprint density at radius 3 is 2.23 bits per heavy atom. The molecule has 8 heteroatoms. The number of piperidine rings is 1. The summed E-state index contributed by atoms with van der Waals surface area (Å²) in [6.45, 7) is 4.14. The predicted molar refractivity (Wildman–Crippen MR) is 172 cm³/mol.